The van der Waals surface area contributed by atoms with Crippen LogP contribution in [-0.4, -0.2) is 44.2 Å². The summed E-state index contributed by atoms with van der Waals surface area (Å²) in [4.78, 5) is 25.2. The normalized spacial score (nSPS) is 27.5. The van der Waals surface area contributed by atoms with Crippen molar-refractivity contribution in [3.8, 4) is 0 Å². The quantitative estimate of drug-likeness (QED) is 0.654. The summed E-state index contributed by atoms with van der Waals surface area (Å²) in [7, 11) is 2.32. The van der Waals surface area contributed by atoms with Crippen LogP contribution in [0.1, 0.15) is 36.2 Å². The molecule has 24 heavy (non-hydrogen) atoms. The second-order valence-corrected chi connectivity index (χ2v) is 5.84. The van der Waals surface area contributed by atoms with Gasteiger partial charge in [-0.15, -0.1) is 0 Å². The molecule has 7 nitrogen and oxygen atoms in total. The lowest BCUT2D eigenvalue weighted by Crippen LogP contribution is -2.48. The molecule has 0 radical (unpaired) electrons. The highest BCUT2D eigenvalue weighted by Gasteiger charge is 2.66. The number of esters is 2. The number of fused-ring (bicyclic) bond motifs is 1. The molecule has 3 atom stereocenters. The fourth-order valence-corrected chi connectivity index (χ4v) is 3.48. The van der Waals surface area contributed by atoms with Crippen LogP contribution in [0.25, 0.3) is 0 Å². The lowest BCUT2D eigenvalue weighted by atomic mass is 9.80. The molecule has 1 fully saturated rings. The van der Waals surface area contributed by atoms with Gasteiger partial charge < -0.3 is 24.1 Å². The third kappa shape index (κ3) is 2.31. The first-order valence-electron chi connectivity index (χ1n) is 7.78. The lowest BCUT2D eigenvalue weighted by Gasteiger charge is -2.33. The maximum absolute atomic E-state index is 12.6. The summed E-state index contributed by atoms with van der Waals surface area (Å²) in [6.45, 7) is 0.547. The molecule has 1 aromatic rings. The van der Waals surface area contributed by atoms with Crippen LogP contribution in [0.4, 0.5) is 0 Å². The molecule has 0 bridgehead atoms. The molecule has 0 spiro atoms. The molecule has 1 aromatic carbocycles. The van der Waals surface area contributed by atoms with Gasteiger partial charge in [-0.05, 0) is 17.5 Å². The Morgan fingerprint density at radius 3 is 2.33 bits per heavy atom. The predicted octanol–water partition coefficient (Wildman–Crippen LogP) is 1.26. The molecule has 130 valence electrons. The monoisotopic (exact) mass is 336 g/mol. The summed E-state index contributed by atoms with van der Waals surface area (Å²) in [5.41, 5.74) is -1.02. The Balaban J connectivity index is 2.12. The van der Waals surface area contributed by atoms with Crippen LogP contribution in [0.15, 0.2) is 24.3 Å². The number of methoxy groups -OCH3 is 2. The van der Waals surface area contributed by atoms with Crippen molar-refractivity contribution in [3.63, 3.8) is 0 Å². The molecule has 1 N–H and O–H groups in total. The Kier molecular flexibility index (Phi) is 4.58. The van der Waals surface area contributed by atoms with Gasteiger partial charge in [0, 0.05) is 13.0 Å². The van der Waals surface area contributed by atoms with Crippen molar-refractivity contribution in [2.45, 2.75) is 31.3 Å². The zero-order chi connectivity index (χ0) is 17.3. The summed E-state index contributed by atoms with van der Waals surface area (Å²) in [6.07, 6.45) is -1.56. The van der Waals surface area contributed by atoms with Crippen molar-refractivity contribution in [1.82, 2.24) is 0 Å². The van der Waals surface area contributed by atoms with E-state index in [1.54, 1.807) is 24.3 Å². The zero-order valence-electron chi connectivity index (χ0n) is 13.6. The minimum absolute atomic E-state index is 0.441. The number of hydrogen-bond acceptors (Lipinski definition) is 7. The van der Waals surface area contributed by atoms with Crippen molar-refractivity contribution in [3.05, 3.63) is 35.4 Å². The lowest BCUT2D eigenvalue weighted by molar-refractivity contribution is -0.215. The van der Waals surface area contributed by atoms with E-state index in [-0.39, 0.29) is 0 Å². The van der Waals surface area contributed by atoms with E-state index in [9.17, 15) is 14.7 Å². The summed E-state index contributed by atoms with van der Waals surface area (Å²) < 4.78 is 21.1. The molecule has 3 unspecified atom stereocenters. The minimum Gasteiger partial charge on any atom is -0.468 e. The van der Waals surface area contributed by atoms with Crippen molar-refractivity contribution < 1.29 is 33.6 Å². The number of aliphatic hydroxyl groups excluding tert-OH is 1. The van der Waals surface area contributed by atoms with Crippen molar-refractivity contribution >= 4 is 11.9 Å². The number of carbonyl (C=O) groups excluding carboxylic acids is 2. The molecule has 3 rings (SSSR count). The molecule has 1 heterocycles. The van der Waals surface area contributed by atoms with Crippen molar-refractivity contribution in [1.29, 1.82) is 0 Å². The van der Waals surface area contributed by atoms with E-state index in [4.69, 9.17) is 18.9 Å². The first kappa shape index (κ1) is 16.9. The van der Waals surface area contributed by atoms with Gasteiger partial charge >= 0.3 is 11.9 Å². The molecule has 1 aliphatic heterocycles. The number of carbonyl (C=O) groups is 2. The first-order chi connectivity index (χ1) is 11.6. The standard InChI is InChI=1S/C17H20O7/c1-21-15(19)17(16(20)22-2)13(18)10-6-3-4-7-11(10)14(17)24-12-8-5-9-23-12/h3-4,6-7,12-14,18H,5,8-9H2,1-2H3. The first-order valence-corrected chi connectivity index (χ1v) is 7.78. The second kappa shape index (κ2) is 6.51. The fourth-order valence-electron chi connectivity index (χ4n) is 3.48. The Labute approximate surface area is 139 Å². The van der Waals surface area contributed by atoms with E-state index in [0.717, 1.165) is 20.6 Å². The predicted molar refractivity (Wildman–Crippen MR) is 80.7 cm³/mol. The Morgan fingerprint density at radius 1 is 1.17 bits per heavy atom. The van der Waals surface area contributed by atoms with Gasteiger partial charge in [0.1, 0.15) is 12.2 Å². The van der Waals surface area contributed by atoms with E-state index in [1.807, 2.05) is 0 Å². The molecule has 2 aliphatic rings. The van der Waals surface area contributed by atoms with Gasteiger partial charge in [-0.3, -0.25) is 9.59 Å². The Morgan fingerprint density at radius 2 is 1.79 bits per heavy atom. The van der Waals surface area contributed by atoms with Gasteiger partial charge in [0.25, 0.3) is 0 Å². The summed E-state index contributed by atoms with van der Waals surface area (Å²) in [6, 6.07) is 6.84. The molecule has 1 aliphatic carbocycles. The van der Waals surface area contributed by atoms with E-state index in [2.05, 4.69) is 0 Å². The summed E-state index contributed by atoms with van der Waals surface area (Å²) in [5, 5.41) is 10.8. The van der Waals surface area contributed by atoms with Crippen LogP contribution in [-0.2, 0) is 28.5 Å². The van der Waals surface area contributed by atoms with E-state index < -0.39 is 35.9 Å². The molecular formula is C17H20O7. The SMILES string of the molecule is COC(=O)C1(C(=O)OC)C(O)c2ccccc2C1OC1CCCO1. The van der Waals surface area contributed by atoms with E-state index in [0.29, 0.717) is 24.2 Å². The number of aliphatic hydroxyl groups is 1. The van der Waals surface area contributed by atoms with Crippen LogP contribution >= 0.6 is 0 Å². The Hall–Kier alpha value is -1.96. The molecule has 7 heteroatoms. The summed E-state index contributed by atoms with van der Waals surface area (Å²) >= 11 is 0. The van der Waals surface area contributed by atoms with Crippen LogP contribution < -0.4 is 0 Å². The number of rotatable bonds is 4. The minimum atomic E-state index is -2.01. The molecule has 1 saturated heterocycles. The maximum Gasteiger partial charge on any atom is 0.329 e. The number of hydrogen-bond donors (Lipinski definition) is 1. The van der Waals surface area contributed by atoms with Gasteiger partial charge in [0.2, 0.25) is 5.41 Å². The van der Waals surface area contributed by atoms with Gasteiger partial charge in [0.15, 0.2) is 6.29 Å². The average Bonchev–Trinajstić information content (AvgIpc) is 3.21. The number of ether oxygens (including phenoxy) is 4. The fraction of sp³-hybridized carbons (Fsp3) is 0.529. The van der Waals surface area contributed by atoms with Crippen LogP contribution in [0.5, 0.6) is 0 Å². The van der Waals surface area contributed by atoms with Crippen molar-refractivity contribution in [2.75, 3.05) is 20.8 Å². The Bertz CT molecular complexity index is 620. The summed E-state index contributed by atoms with van der Waals surface area (Å²) in [5.74, 6) is -1.80. The van der Waals surface area contributed by atoms with Gasteiger partial charge in [-0.1, -0.05) is 24.3 Å². The molecule has 0 amide bonds. The largest absolute Gasteiger partial charge is 0.468 e. The van der Waals surface area contributed by atoms with E-state index in [1.165, 1.54) is 0 Å². The zero-order valence-corrected chi connectivity index (χ0v) is 13.6. The van der Waals surface area contributed by atoms with Crippen LogP contribution in [0, 0.1) is 5.41 Å². The highest BCUT2D eigenvalue weighted by molar-refractivity contribution is 6.03. The third-order valence-corrected chi connectivity index (χ3v) is 4.64. The number of benzene rings is 1. The molecular weight excluding hydrogens is 316 g/mol. The highest BCUT2D eigenvalue weighted by Crippen LogP contribution is 2.56. The van der Waals surface area contributed by atoms with Gasteiger partial charge in [-0.25, -0.2) is 0 Å². The third-order valence-electron chi connectivity index (χ3n) is 4.64. The average molecular weight is 336 g/mol. The molecule has 0 aromatic heterocycles. The smallest absolute Gasteiger partial charge is 0.329 e. The van der Waals surface area contributed by atoms with Gasteiger partial charge in [-0.2, -0.15) is 0 Å². The van der Waals surface area contributed by atoms with Crippen molar-refractivity contribution in [2.24, 2.45) is 5.41 Å². The van der Waals surface area contributed by atoms with Crippen LogP contribution in [0.3, 0.4) is 0 Å². The van der Waals surface area contributed by atoms with E-state index >= 15 is 0 Å². The molecule has 0 saturated carbocycles. The van der Waals surface area contributed by atoms with Gasteiger partial charge in [0.05, 0.1) is 14.2 Å². The van der Waals surface area contributed by atoms with Crippen LogP contribution in [0.2, 0.25) is 0 Å². The second-order valence-electron chi connectivity index (χ2n) is 5.84. The highest BCUT2D eigenvalue weighted by atomic mass is 16.7. The maximum atomic E-state index is 12.6. The topological polar surface area (TPSA) is 91.3 Å².